The van der Waals surface area contributed by atoms with Crippen molar-refractivity contribution in [3.63, 3.8) is 0 Å². The Bertz CT molecular complexity index is 1180. The van der Waals surface area contributed by atoms with Gasteiger partial charge in [0.2, 0.25) is 11.7 Å². The van der Waals surface area contributed by atoms with Gasteiger partial charge in [-0.3, -0.25) is 4.79 Å². The summed E-state index contributed by atoms with van der Waals surface area (Å²) in [4.78, 5) is 24.4. The van der Waals surface area contributed by atoms with Gasteiger partial charge in [-0.15, -0.1) is 0 Å². The van der Waals surface area contributed by atoms with Crippen LogP contribution in [0.15, 0.2) is 69.1 Å². The van der Waals surface area contributed by atoms with E-state index in [0.29, 0.717) is 34.6 Å². The van der Waals surface area contributed by atoms with Crippen molar-refractivity contribution in [1.82, 2.24) is 20.1 Å². The Morgan fingerprint density at radius 2 is 1.86 bits per heavy atom. The average Bonchev–Trinajstić information content (AvgIpc) is 3.19. The van der Waals surface area contributed by atoms with Crippen LogP contribution in [0.3, 0.4) is 0 Å². The Morgan fingerprint density at radius 3 is 2.62 bits per heavy atom. The maximum atomic E-state index is 12.5. The molecular formula is C22H20N4O2S. The SMILES string of the molecule is Cc1cccc(-c2noc(CSc3nc(C)c(Cc4ccccc4)c(=O)[nH]3)n2)c1. The number of rotatable bonds is 6. The van der Waals surface area contributed by atoms with Gasteiger partial charge in [0.25, 0.3) is 5.56 Å². The number of hydrogen-bond acceptors (Lipinski definition) is 6. The zero-order valence-electron chi connectivity index (χ0n) is 16.2. The van der Waals surface area contributed by atoms with Crippen molar-refractivity contribution >= 4 is 11.8 Å². The van der Waals surface area contributed by atoms with Gasteiger partial charge in [0.1, 0.15) is 0 Å². The average molecular weight is 404 g/mol. The van der Waals surface area contributed by atoms with Crippen LogP contribution in [0.1, 0.15) is 28.3 Å². The topological polar surface area (TPSA) is 84.7 Å². The highest BCUT2D eigenvalue weighted by Gasteiger charge is 2.12. The summed E-state index contributed by atoms with van der Waals surface area (Å²) in [5.74, 6) is 1.47. The number of nitrogens with zero attached hydrogens (tertiary/aromatic N) is 3. The lowest BCUT2D eigenvalue weighted by atomic mass is 10.1. The van der Waals surface area contributed by atoms with Gasteiger partial charge in [0.15, 0.2) is 5.16 Å². The number of aryl methyl sites for hydroxylation is 2. The highest BCUT2D eigenvalue weighted by Crippen LogP contribution is 2.22. The van der Waals surface area contributed by atoms with Crippen molar-refractivity contribution in [3.05, 3.63) is 93.2 Å². The maximum absolute atomic E-state index is 12.5. The quantitative estimate of drug-likeness (QED) is 0.381. The summed E-state index contributed by atoms with van der Waals surface area (Å²) in [5.41, 5.74) is 4.42. The summed E-state index contributed by atoms with van der Waals surface area (Å²) in [5, 5.41) is 4.59. The first-order valence-corrected chi connectivity index (χ1v) is 10.2. The van der Waals surface area contributed by atoms with Crippen LogP contribution in [0, 0.1) is 13.8 Å². The van der Waals surface area contributed by atoms with Crippen LogP contribution in [0.5, 0.6) is 0 Å². The molecule has 0 aliphatic heterocycles. The fourth-order valence-electron chi connectivity index (χ4n) is 3.01. The van der Waals surface area contributed by atoms with Crippen molar-refractivity contribution in [2.75, 3.05) is 0 Å². The molecule has 0 aliphatic rings. The van der Waals surface area contributed by atoms with Crippen molar-refractivity contribution in [1.29, 1.82) is 0 Å². The van der Waals surface area contributed by atoms with E-state index in [2.05, 4.69) is 20.1 Å². The zero-order chi connectivity index (χ0) is 20.2. The lowest BCUT2D eigenvalue weighted by Crippen LogP contribution is -2.17. The van der Waals surface area contributed by atoms with Crippen LogP contribution in [0.4, 0.5) is 0 Å². The predicted molar refractivity (Wildman–Crippen MR) is 113 cm³/mol. The number of aromatic amines is 1. The van der Waals surface area contributed by atoms with Crippen LogP contribution < -0.4 is 5.56 Å². The molecule has 2 aromatic carbocycles. The van der Waals surface area contributed by atoms with E-state index in [-0.39, 0.29) is 5.56 Å². The number of hydrogen-bond donors (Lipinski definition) is 1. The fraction of sp³-hybridized carbons (Fsp3) is 0.182. The molecule has 2 aromatic heterocycles. The Hall–Kier alpha value is -3.19. The molecule has 4 rings (SSSR count). The molecule has 6 nitrogen and oxygen atoms in total. The Kier molecular flexibility index (Phi) is 5.57. The summed E-state index contributed by atoms with van der Waals surface area (Å²) < 4.78 is 5.34. The minimum atomic E-state index is -0.116. The summed E-state index contributed by atoms with van der Waals surface area (Å²) in [6.07, 6.45) is 0.559. The lowest BCUT2D eigenvalue weighted by Gasteiger charge is -2.06. The molecule has 0 fully saturated rings. The first kappa shape index (κ1) is 19.1. The number of nitrogens with one attached hydrogen (secondary N) is 1. The molecule has 29 heavy (non-hydrogen) atoms. The molecule has 2 heterocycles. The van der Waals surface area contributed by atoms with Crippen molar-refractivity contribution < 1.29 is 4.52 Å². The molecule has 0 saturated heterocycles. The Labute approximate surface area is 172 Å². The van der Waals surface area contributed by atoms with Crippen molar-refractivity contribution in [2.45, 2.75) is 31.2 Å². The number of H-pyrrole nitrogens is 1. The molecule has 0 bridgehead atoms. The second-order valence-electron chi connectivity index (χ2n) is 6.77. The standard InChI is InChI=1S/C22H20N4O2S/c1-14-7-6-10-17(11-14)20-24-19(28-26-20)13-29-22-23-15(2)18(21(27)25-22)12-16-8-4-3-5-9-16/h3-11H,12-13H2,1-2H3,(H,23,25,27). The predicted octanol–water partition coefficient (Wildman–Crippen LogP) is 4.32. The number of benzene rings is 2. The molecule has 0 atom stereocenters. The van der Waals surface area contributed by atoms with Crippen LogP contribution >= 0.6 is 11.8 Å². The van der Waals surface area contributed by atoms with E-state index in [9.17, 15) is 4.79 Å². The highest BCUT2D eigenvalue weighted by molar-refractivity contribution is 7.98. The van der Waals surface area contributed by atoms with E-state index in [1.807, 2.05) is 68.4 Å². The van der Waals surface area contributed by atoms with Gasteiger partial charge in [-0.2, -0.15) is 4.98 Å². The molecule has 7 heteroatoms. The summed E-state index contributed by atoms with van der Waals surface area (Å²) in [6, 6.07) is 17.8. The van der Waals surface area contributed by atoms with E-state index in [1.165, 1.54) is 11.8 Å². The van der Waals surface area contributed by atoms with Gasteiger partial charge < -0.3 is 9.51 Å². The lowest BCUT2D eigenvalue weighted by molar-refractivity contribution is 0.391. The molecule has 1 N–H and O–H groups in total. The van der Waals surface area contributed by atoms with Gasteiger partial charge in [-0.1, -0.05) is 71.0 Å². The molecule has 0 radical (unpaired) electrons. The third-order valence-corrected chi connectivity index (χ3v) is 5.36. The minimum Gasteiger partial charge on any atom is -0.338 e. The Morgan fingerprint density at radius 1 is 1.03 bits per heavy atom. The molecule has 0 spiro atoms. The van der Waals surface area contributed by atoms with Gasteiger partial charge >= 0.3 is 0 Å². The summed E-state index contributed by atoms with van der Waals surface area (Å²) in [6.45, 7) is 3.88. The van der Waals surface area contributed by atoms with Gasteiger partial charge in [0.05, 0.1) is 5.75 Å². The largest absolute Gasteiger partial charge is 0.338 e. The monoisotopic (exact) mass is 404 g/mol. The maximum Gasteiger partial charge on any atom is 0.255 e. The van der Waals surface area contributed by atoms with Crippen LogP contribution in [-0.4, -0.2) is 20.1 Å². The van der Waals surface area contributed by atoms with E-state index >= 15 is 0 Å². The van der Waals surface area contributed by atoms with Crippen molar-refractivity contribution in [2.24, 2.45) is 0 Å². The molecule has 0 saturated carbocycles. The normalized spacial score (nSPS) is 11.0. The van der Waals surface area contributed by atoms with E-state index < -0.39 is 0 Å². The Balaban J connectivity index is 1.46. The molecule has 0 amide bonds. The van der Waals surface area contributed by atoms with Gasteiger partial charge in [0, 0.05) is 23.2 Å². The summed E-state index contributed by atoms with van der Waals surface area (Å²) in [7, 11) is 0. The third-order valence-electron chi connectivity index (χ3n) is 4.50. The molecule has 0 aliphatic carbocycles. The van der Waals surface area contributed by atoms with E-state index in [0.717, 1.165) is 22.4 Å². The zero-order valence-corrected chi connectivity index (χ0v) is 17.0. The highest BCUT2D eigenvalue weighted by atomic mass is 32.2. The van der Waals surface area contributed by atoms with Crippen LogP contribution in [0.25, 0.3) is 11.4 Å². The second-order valence-corrected chi connectivity index (χ2v) is 7.73. The molecule has 4 aromatic rings. The smallest absolute Gasteiger partial charge is 0.255 e. The van der Waals surface area contributed by atoms with Crippen molar-refractivity contribution in [3.8, 4) is 11.4 Å². The fourth-order valence-corrected chi connectivity index (χ4v) is 3.75. The number of thioether (sulfide) groups is 1. The van der Waals surface area contributed by atoms with Crippen LogP contribution in [-0.2, 0) is 12.2 Å². The first-order valence-electron chi connectivity index (χ1n) is 9.24. The van der Waals surface area contributed by atoms with Gasteiger partial charge in [-0.05, 0) is 25.5 Å². The molecule has 146 valence electrons. The second kappa shape index (κ2) is 8.45. The number of aromatic nitrogens is 4. The minimum absolute atomic E-state index is 0.116. The first-order chi connectivity index (χ1) is 14.1. The van der Waals surface area contributed by atoms with E-state index in [1.54, 1.807) is 0 Å². The molecule has 0 unspecified atom stereocenters. The molecular weight excluding hydrogens is 384 g/mol. The third kappa shape index (κ3) is 4.63. The van der Waals surface area contributed by atoms with E-state index in [4.69, 9.17) is 4.52 Å². The summed E-state index contributed by atoms with van der Waals surface area (Å²) >= 11 is 1.37. The van der Waals surface area contributed by atoms with Gasteiger partial charge in [-0.25, -0.2) is 4.98 Å². The van der Waals surface area contributed by atoms with Crippen LogP contribution in [0.2, 0.25) is 0 Å².